The Balaban J connectivity index is 1.38. The number of ether oxygens (including phenoxy) is 1. The molecule has 0 bridgehead atoms. The maximum Gasteiger partial charge on any atom is 0.267 e. The molecule has 0 aliphatic heterocycles. The molecule has 0 unspecified atom stereocenters. The van der Waals surface area contributed by atoms with Gasteiger partial charge in [0.05, 0.1) is 5.39 Å². The first-order valence-electron chi connectivity index (χ1n) is 10.5. The molecule has 1 amide bonds. The van der Waals surface area contributed by atoms with Crippen molar-refractivity contribution in [3.63, 3.8) is 0 Å². The van der Waals surface area contributed by atoms with Gasteiger partial charge in [-0.2, -0.15) is 0 Å². The molecule has 5 aromatic rings. The topological polar surface area (TPSA) is 102 Å². The molecule has 0 saturated heterocycles. The third-order valence-corrected chi connectivity index (χ3v) is 5.33. The van der Waals surface area contributed by atoms with E-state index in [1.54, 1.807) is 6.20 Å². The van der Waals surface area contributed by atoms with Gasteiger partial charge in [-0.05, 0) is 61.0 Å². The number of carbonyl (C=O) groups is 1. The molecule has 3 aromatic heterocycles. The second-order valence-corrected chi connectivity index (χ2v) is 7.65. The normalized spacial score (nSPS) is 10.9. The fourth-order valence-electron chi connectivity index (χ4n) is 3.60. The minimum Gasteiger partial charge on any atom is -0.435 e. The number of hydrogen-bond donors (Lipinski definition) is 2. The summed E-state index contributed by atoms with van der Waals surface area (Å²) in [4.78, 5) is 36.8. The van der Waals surface area contributed by atoms with Crippen LogP contribution in [0.25, 0.3) is 16.7 Å². The van der Waals surface area contributed by atoms with Gasteiger partial charge in [-0.1, -0.05) is 0 Å². The van der Waals surface area contributed by atoms with E-state index in [1.807, 2.05) is 6.92 Å². The number of nitrogens with one attached hydrogen (secondary N) is 2. The third kappa shape index (κ3) is 4.24. The highest BCUT2D eigenvalue weighted by Gasteiger charge is 2.16. The van der Waals surface area contributed by atoms with Gasteiger partial charge in [-0.25, -0.2) is 18.7 Å². The summed E-state index contributed by atoms with van der Waals surface area (Å²) in [6.07, 6.45) is 4.52. The average Bonchev–Trinajstić information content (AvgIpc) is 3.23. The molecule has 0 saturated carbocycles. The van der Waals surface area contributed by atoms with E-state index in [4.69, 9.17) is 4.74 Å². The molecule has 5 rings (SSSR count). The summed E-state index contributed by atoms with van der Waals surface area (Å²) in [6, 6.07) is 12.0. The van der Waals surface area contributed by atoms with E-state index in [-0.39, 0.29) is 22.9 Å². The molecule has 3 heterocycles. The summed E-state index contributed by atoms with van der Waals surface area (Å²) in [5.74, 6) is -1.81. The number of hydrogen-bond acceptors (Lipinski definition) is 5. The summed E-state index contributed by atoms with van der Waals surface area (Å²) in [7, 11) is 0. The lowest BCUT2D eigenvalue weighted by Gasteiger charge is -2.11. The second kappa shape index (κ2) is 8.82. The maximum atomic E-state index is 14.8. The number of rotatable bonds is 5. The van der Waals surface area contributed by atoms with Crippen molar-refractivity contribution in [2.75, 3.05) is 5.32 Å². The SMILES string of the molecule is Cc1c[nH]c2ncnc(Oc3ccc(NC(=O)c4cccn(-c5ccc(F)cc5)c4=O)cc3F)c12. The van der Waals surface area contributed by atoms with Crippen LogP contribution in [0, 0.1) is 18.6 Å². The molecule has 8 nitrogen and oxygen atoms in total. The van der Waals surface area contributed by atoms with Crippen LogP contribution in [-0.2, 0) is 0 Å². The van der Waals surface area contributed by atoms with Gasteiger partial charge in [-0.3, -0.25) is 14.2 Å². The molecule has 0 aliphatic carbocycles. The molecular weight excluding hydrogens is 456 g/mol. The lowest BCUT2D eigenvalue weighted by Crippen LogP contribution is -2.27. The molecule has 2 aromatic carbocycles. The van der Waals surface area contributed by atoms with E-state index in [1.165, 1.54) is 65.6 Å². The number of aryl methyl sites for hydroxylation is 1. The molecule has 10 heteroatoms. The number of carbonyl (C=O) groups excluding carboxylic acids is 1. The van der Waals surface area contributed by atoms with Gasteiger partial charge in [0.2, 0.25) is 5.88 Å². The number of fused-ring (bicyclic) bond motifs is 1. The van der Waals surface area contributed by atoms with E-state index in [9.17, 15) is 18.4 Å². The summed E-state index contributed by atoms with van der Waals surface area (Å²) in [5.41, 5.74) is 1.16. The predicted octanol–water partition coefficient (Wildman–Crippen LogP) is 4.74. The van der Waals surface area contributed by atoms with E-state index in [0.29, 0.717) is 16.7 Å². The number of aromatic amines is 1. The monoisotopic (exact) mass is 473 g/mol. The maximum absolute atomic E-state index is 14.8. The molecule has 0 spiro atoms. The zero-order valence-corrected chi connectivity index (χ0v) is 18.3. The van der Waals surface area contributed by atoms with Crippen LogP contribution in [0.5, 0.6) is 11.6 Å². The van der Waals surface area contributed by atoms with Crippen LogP contribution in [0.15, 0.2) is 78.1 Å². The van der Waals surface area contributed by atoms with Crippen molar-refractivity contribution >= 4 is 22.6 Å². The van der Waals surface area contributed by atoms with Crippen molar-refractivity contribution in [2.24, 2.45) is 0 Å². The second-order valence-electron chi connectivity index (χ2n) is 7.65. The molecule has 2 N–H and O–H groups in total. The van der Waals surface area contributed by atoms with E-state index in [0.717, 1.165) is 11.6 Å². The first-order chi connectivity index (χ1) is 16.9. The summed E-state index contributed by atoms with van der Waals surface area (Å²) in [6.45, 7) is 1.84. The Kier molecular flexibility index (Phi) is 5.54. The van der Waals surface area contributed by atoms with Gasteiger partial charge in [0.15, 0.2) is 11.6 Å². The van der Waals surface area contributed by atoms with Gasteiger partial charge in [0.25, 0.3) is 11.5 Å². The number of H-pyrrole nitrogens is 1. The van der Waals surface area contributed by atoms with Crippen LogP contribution in [0.3, 0.4) is 0 Å². The van der Waals surface area contributed by atoms with Crippen molar-refractivity contribution < 1.29 is 18.3 Å². The molecular formula is C25H17F2N5O3. The smallest absolute Gasteiger partial charge is 0.267 e. The Bertz CT molecular complexity index is 1630. The summed E-state index contributed by atoms with van der Waals surface area (Å²) in [5, 5.41) is 3.15. The highest BCUT2D eigenvalue weighted by atomic mass is 19.1. The Morgan fingerprint density at radius 3 is 2.66 bits per heavy atom. The zero-order valence-electron chi connectivity index (χ0n) is 18.3. The van der Waals surface area contributed by atoms with Crippen molar-refractivity contribution in [2.45, 2.75) is 6.92 Å². The number of aromatic nitrogens is 4. The Morgan fingerprint density at radius 1 is 1.09 bits per heavy atom. The summed E-state index contributed by atoms with van der Waals surface area (Å²) < 4.78 is 34.9. The Labute approximate surface area is 196 Å². The highest BCUT2D eigenvalue weighted by molar-refractivity contribution is 6.04. The van der Waals surface area contributed by atoms with Crippen molar-refractivity contribution in [1.29, 1.82) is 0 Å². The largest absolute Gasteiger partial charge is 0.435 e. The van der Waals surface area contributed by atoms with Gasteiger partial charge in [-0.15, -0.1) is 0 Å². The van der Waals surface area contributed by atoms with Crippen LogP contribution in [0.2, 0.25) is 0 Å². The Hall–Kier alpha value is -4.86. The standard InChI is InChI=1S/C25H17F2N5O3/c1-14-12-28-22-21(14)24(30-13-29-22)35-20-9-6-16(11-19(20)27)31-23(33)18-3-2-10-32(25(18)34)17-7-4-15(26)5-8-17/h2-13H,1H3,(H,31,33)(H,28,29,30). The lowest BCUT2D eigenvalue weighted by atomic mass is 10.2. The Morgan fingerprint density at radius 2 is 1.89 bits per heavy atom. The number of pyridine rings is 1. The van der Waals surface area contributed by atoms with Crippen LogP contribution in [-0.4, -0.2) is 25.4 Å². The molecule has 0 fully saturated rings. The van der Waals surface area contributed by atoms with E-state index < -0.39 is 23.1 Å². The quantitative estimate of drug-likeness (QED) is 0.384. The minimum atomic E-state index is -0.737. The van der Waals surface area contributed by atoms with Gasteiger partial charge in [0.1, 0.15) is 23.4 Å². The molecule has 0 atom stereocenters. The van der Waals surface area contributed by atoms with Crippen molar-refractivity contribution in [1.82, 2.24) is 19.5 Å². The molecule has 174 valence electrons. The van der Waals surface area contributed by atoms with E-state index in [2.05, 4.69) is 20.3 Å². The number of halogens is 2. The van der Waals surface area contributed by atoms with Crippen molar-refractivity contribution in [3.05, 3.63) is 106 Å². The van der Waals surface area contributed by atoms with Gasteiger partial charge >= 0.3 is 0 Å². The first-order valence-corrected chi connectivity index (χ1v) is 10.5. The number of benzene rings is 2. The molecule has 35 heavy (non-hydrogen) atoms. The number of nitrogens with zero attached hydrogens (tertiary/aromatic N) is 3. The molecule has 0 radical (unpaired) electrons. The van der Waals surface area contributed by atoms with Crippen LogP contribution in [0.1, 0.15) is 15.9 Å². The van der Waals surface area contributed by atoms with Gasteiger partial charge in [0, 0.05) is 29.8 Å². The van der Waals surface area contributed by atoms with Gasteiger partial charge < -0.3 is 15.0 Å². The minimum absolute atomic E-state index is 0.0954. The fraction of sp³-hybridized carbons (Fsp3) is 0.0400. The molecule has 0 aliphatic rings. The van der Waals surface area contributed by atoms with Crippen LogP contribution < -0.4 is 15.6 Å². The summed E-state index contributed by atoms with van der Waals surface area (Å²) >= 11 is 0. The third-order valence-electron chi connectivity index (χ3n) is 5.33. The van der Waals surface area contributed by atoms with Crippen LogP contribution in [0.4, 0.5) is 14.5 Å². The zero-order chi connectivity index (χ0) is 24.5. The van der Waals surface area contributed by atoms with Crippen molar-refractivity contribution in [3.8, 4) is 17.3 Å². The number of amides is 1. The highest BCUT2D eigenvalue weighted by Crippen LogP contribution is 2.31. The number of anilines is 1. The van der Waals surface area contributed by atoms with Crippen LogP contribution >= 0.6 is 0 Å². The van der Waals surface area contributed by atoms with E-state index >= 15 is 0 Å². The average molecular weight is 473 g/mol. The fourth-order valence-corrected chi connectivity index (χ4v) is 3.60. The first kappa shape index (κ1) is 22.0. The predicted molar refractivity (Wildman–Crippen MR) is 125 cm³/mol. The lowest BCUT2D eigenvalue weighted by molar-refractivity contribution is 0.102.